The van der Waals surface area contributed by atoms with E-state index in [4.69, 9.17) is 25.4 Å². The smallest absolute Gasteiger partial charge is 0.256 e. The Morgan fingerprint density at radius 3 is 3.07 bits per heavy atom. The lowest BCUT2D eigenvalue weighted by Gasteiger charge is -2.13. The Labute approximate surface area is 186 Å². The van der Waals surface area contributed by atoms with Crippen molar-refractivity contribution in [3.8, 4) is 28.6 Å². The number of fused-ring (bicyclic) bond motifs is 1. The lowest BCUT2D eigenvalue weighted by Crippen LogP contribution is -2.19. The molecule has 0 aliphatic heterocycles. The fourth-order valence-corrected chi connectivity index (χ4v) is 3.34. The molecule has 154 valence electrons. The number of nitrogens with one attached hydrogen (secondary N) is 1. The molecule has 0 saturated heterocycles. The van der Waals surface area contributed by atoms with Gasteiger partial charge >= 0.3 is 0 Å². The van der Waals surface area contributed by atoms with Gasteiger partial charge in [0.15, 0.2) is 0 Å². The molecular formula is C24H26N4O2. The first kappa shape index (κ1) is 13.2. The minimum atomic E-state index is -2.39. The molecule has 6 nitrogen and oxygen atoms in total. The molecule has 30 heavy (non-hydrogen) atoms. The van der Waals surface area contributed by atoms with E-state index in [0.717, 1.165) is 6.92 Å². The predicted molar refractivity (Wildman–Crippen MR) is 117 cm³/mol. The Kier molecular flexibility index (Phi) is 3.82. The third-order valence-corrected chi connectivity index (χ3v) is 4.63. The SMILES string of the molecule is [2H]C(C)(C)Oc1ccc(-c2nc(-c3cccc4c3C([2H])([2H])C[C@@H]4NC([2H])([2H])C([2H])([2H])C)no2)cc1[N+]#[C-]. The maximum absolute atomic E-state index is 8.63. The number of rotatable bonds is 7. The van der Waals surface area contributed by atoms with E-state index in [0.29, 0.717) is 16.7 Å². The van der Waals surface area contributed by atoms with E-state index in [9.17, 15) is 0 Å². The van der Waals surface area contributed by atoms with Crippen LogP contribution in [0.25, 0.3) is 27.7 Å². The second kappa shape index (κ2) is 8.68. The summed E-state index contributed by atoms with van der Waals surface area (Å²) in [5.74, 6) is 0.488. The molecule has 2 aromatic carbocycles. The molecule has 1 N–H and O–H groups in total. The van der Waals surface area contributed by atoms with Crippen LogP contribution < -0.4 is 10.1 Å². The van der Waals surface area contributed by atoms with Crippen molar-refractivity contribution in [2.24, 2.45) is 0 Å². The van der Waals surface area contributed by atoms with Gasteiger partial charge in [0.05, 0.1) is 14.0 Å². The van der Waals surface area contributed by atoms with Crippen LogP contribution in [0, 0.1) is 6.57 Å². The van der Waals surface area contributed by atoms with Gasteiger partial charge in [-0.3, -0.25) is 0 Å². The van der Waals surface area contributed by atoms with Crippen molar-refractivity contribution in [2.75, 3.05) is 6.50 Å². The maximum atomic E-state index is 8.63. The number of ether oxygens (including phenoxy) is 1. The standard InChI is InChI=1S/C24H26N4O2/c1-5-13-26-20-11-10-17-18(20)7-6-8-19(17)23-27-24(30-28-23)16-9-12-22(29-15(2)3)21(14-16)25-4/h6-9,12,14-15,20,26H,5,10-11,13H2,1-3H3/t20-/m0/s1/i5D2,10D2,13D2,15D. The molecule has 0 radical (unpaired) electrons. The first-order valence-electron chi connectivity index (χ1n) is 13.0. The van der Waals surface area contributed by atoms with Gasteiger partial charge < -0.3 is 14.6 Å². The highest BCUT2D eigenvalue weighted by Gasteiger charge is 2.26. The van der Waals surface area contributed by atoms with Crippen LogP contribution in [-0.2, 0) is 6.37 Å². The fourth-order valence-electron chi connectivity index (χ4n) is 3.34. The lowest BCUT2D eigenvalue weighted by atomic mass is 10.0. The zero-order valence-corrected chi connectivity index (χ0v) is 16.9. The van der Waals surface area contributed by atoms with Crippen LogP contribution in [0.4, 0.5) is 5.69 Å². The minimum absolute atomic E-state index is 0.0954. The highest BCUT2D eigenvalue weighted by Crippen LogP contribution is 2.38. The lowest BCUT2D eigenvalue weighted by molar-refractivity contribution is 0.244. The molecule has 4 rings (SSSR count). The van der Waals surface area contributed by atoms with Gasteiger partial charge in [0, 0.05) is 25.4 Å². The van der Waals surface area contributed by atoms with Crippen molar-refractivity contribution < 1.29 is 18.9 Å². The predicted octanol–water partition coefficient (Wildman–Crippen LogP) is 5.73. The molecule has 1 aromatic heterocycles. The first-order chi connectivity index (χ1) is 17.0. The van der Waals surface area contributed by atoms with Gasteiger partial charge in [0.2, 0.25) is 11.5 Å². The minimum Gasteiger partial charge on any atom is -0.502 e. The van der Waals surface area contributed by atoms with Crippen molar-refractivity contribution in [1.82, 2.24) is 15.5 Å². The maximum Gasteiger partial charge on any atom is 0.256 e. The largest absolute Gasteiger partial charge is 0.502 e. The molecule has 0 unspecified atom stereocenters. The van der Waals surface area contributed by atoms with E-state index in [1.54, 1.807) is 44.2 Å². The van der Waals surface area contributed by atoms with Crippen molar-refractivity contribution in [1.29, 1.82) is 0 Å². The van der Waals surface area contributed by atoms with Crippen LogP contribution in [-0.4, -0.2) is 22.7 Å². The van der Waals surface area contributed by atoms with Crippen LogP contribution in [0.1, 0.15) is 60.3 Å². The van der Waals surface area contributed by atoms with Gasteiger partial charge in [-0.1, -0.05) is 30.3 Å². The molecule has 1 heterocycles. The Bertz CT molecular complexity index is 1370. The quantitative estimate of drug-likeness (QED) is 0.505. The molecule has 0 fully saturated rings. The summed E-state index contributed by atoms with van der Waals surface area (Å²) in [5.41, 5.74) is 1.79. The molecule has 0 spiro atoms. The molecule has 3 aromatic rings. The van der Waals surface area contributed by atoms with Crippen LogP contribution in [0.5, 0.6) is 5.75 Å². The summed E-state index contributed by atoms with van der Waals surface area (Å²) in [6, 6.07) is 8.94. The topological polar surface area (TPSA) is 64.5 Å². The van der Waals surface area contributed by atoms with Crippen LogP contribution >= 0.6 is 0 Å². The summed E-state index contributed by atoms with van der Waals surface area (Å²) in [6.07, 6.45) is -5.37. The first-order valence-corrected chi connectivity index (χ1v) is 9.48. The Balaban J connectivity index is 1.70. The van der Waals surface area contributed by atoms with E-state index in [-0.39, 0.29) is 35.1 Å². The molecule has 0 bridgehead atoms. The van der Waals surface area contributed by atoms with E-state index >= 15 is 0 Å². The van der Waals surface area contributed by atoms with Gasteiger partial charge in [0.25, 0.3) is 5.89 Å². The average Bonchev–Trinajstić information content (AvgIpc) is 3.35. The summed E-state index contributed by atoms with van der Waals surface area (Å²) >= 11 is 0. The molecule has 0 saturated carbocycles. The van der Waals surface area contributed by atoms with Crippen molar-refractivity contribution in [2.45, 2.75) is 52.1 Å². The summed E-state index contributed by atoms with van der Waals surface area (Å²) in [6.45, 7) is 9.31. The number of hydrogen-bond acceptors (Lipinski definition) is 5. The van der Waals surface area contributed by atoms with Gasteiger partial charge in [-0.25, -0.2) is 4.85 Å². The zero-order valence-electron chi connectivity index (χ0n) is 23.9. The summed E-state index contributed by atoms with van der Waals surface area (Å²) in [7, 11) is 0. The number of hydrogen-bond donors (Lipinski definition) is 1. The highest BCUT2D eigenvalue weighted by molar-refractivity contribution is 5.70. The van der Waals surface area contributed by atoms with Crippen LogP contribution in [0.2, 0.25) is 0 Å². The molecule has 0 amide bonds. The van der Waals surface area contributed by atoms with E-state index < -0.39 is 31.4 Å². The second-order valence-corrected chi connectivity index (χ2v) is 6.95. The monoisotopic (exact) mass is 409 g/mol. The average molecular weight is 410 g/mol. The van der Waals surface area contributed by atoms with Gasteiger partial charge in [-0.05, 0) is 68.8 Å². The number of nitrogens with zero attached hydrogens (tertiary/aromatic N) is 3. The van der Waals surface area contributed by atoms with Crippen molar-refractivity contribution in [3.05, 3.63) is 58.9 Å². The molecule has 1 aliphatic rings. The fraction of sp³-hybridized carbons (Fsp3) is 0.375. The number of aromatic nitrogens is 2. The van der Waals surface area contributed by atoms with Crippen LogP contribution in [0.3, 0.4) is 0 Å². The van der Waals surface area contributed by atoms with Gasteiger partial charge in [-0.2, -0.15) is 4.98 Å². The third-order valence-electron chi connectivity index (χ3n) is 4.63. The van der Waals surface area contributed by atoms with E-state index in [1.165, 1.54) is 6.07 Å². The molecule has 1 atom stereocenters. The summed E-state index contributed by atoms with van der Waals surface area (Å²) in [5, 5.41) is 6.69. The zero-order chi connectivity index (χ0) is 27.4. The highest BCUT2D eigenvalue weighted by atomic mass is 16.5. The van der Waals surface area contributed by atoms with Gasteiger partial charge in [0.1, 0.15) is 5.75 Å². The molecular weight excluding hydrogens is 376 g/mol. The van der Waals surface area contributed by atoms with Crippen LogP contribution in [0.15, 0.2) is 40.9 Å². The van der Waals surface area contributed by atoms with Crippen molar-refractivity contribution in [3.63, 3.8) is 0 Å². The number of benzene rings is 2. The summed E-state index contributed by atoms with van der Waals surface area (Å²) in [4.78, 5) is 7.90. The normalized spacial score (nSPS) is 21.7. The molecule has 1 aliphatic carbocycles. The Morgan fingerprint density at radius 2 is 2.30 bits per heavy atom. The van der Waals surface area contributed by atoms with E-state index in [1.807, 2.05) is 0 Å². The Hall–Kier alpha value is -3.17. The Morgan fingerprint density at radius 1 is 1.43 bits per heavy atom. The summed E-state index contributed by atoms with van der Waals surface area (Å²) < 4.78 is 67.9. The third kappa shape index (κ3) is 3.94. The molecule has 6 heteroatoms. The van der Waals surface area contributed by atoms with Crippen molar-refractivity contribution >= 4 is 5.69 Å². The van der Waals surface area contributed by atoms with E-state index in [2.05, 4.69) is 20.3 Å². The van der Waals surface area contributed by atoms with Gasteiger partial charge in [-0.15, -0.1) is 0 Å². The second-order valence-electron chi connectivity index (χ2n) is 6.95.